The van der Waals surface area contributed by atoms with Crippen LogP contribution in [0.15, 0.2) is 89.8 Å². The van der Waals surface area contributed by atoms with Crippen molar-refractivity contribution in [2.24, 2.45) is 0 Å². The smallest absolute Gasteiger partial charge is 0.264 e. The number of benzene rings is 3. The molecular formula is C24H25ClN2O3S2. The average Bonchev–Trinajstić information content (AvgIpc) is 2.81. The average molecular weight is 489 g/mol. The predicted octanol–water partition coefficient (Wildman–Crippen LogP) is 4.98. The van der Waals surface area contributed by atoms with Gasteiger partial charge in [0.1, 0.15) is 6.54 Å². The minimum absolute atomic E-state index is 0.0795. The molecule has 0 saturated heterocycles. The number of sulfonamides is 1. The summed E-state index contributed by atoms with van der Waals surface area (Å²) in [7, 11) is -3.93. The summed E-state index contributed by atoms with van der Waals surface area (Å²) < 4.78 is 27.6. The zero-order chi connectivity index (χ0) is 22.8. The maximum atomic E-state index is 13.2. The van der Waals surface area contributed by atoms with E-state index in [1.54, 1.807) is 42.1 Å². The lowest BCUT2D eigenvalue weighted by Gasteiger charge is -2.24. The fraction of sp³-hybridized carbons (Fsp3) is 0.208. The van der Waals surface area contributed by atoms with Gasteiger partial charge in [0.25, 0.3) is 10.0 Å². The highest BCUT2D eigenvalue weighted by molar-refractivity contribution is 7.98. The number of amides is 1. The van der Waals surface area contributed by atoms with Crippen molar-refractivity contribution in [3.63, 3.8) is 0 Å². The zero-order valence-electron chi connectivity index (χ0n) is 17.5. The van der Waals surface area contributed by atoms with Gasteiger partial charge in [-0.1, -0.05) is 60.1 Å². The number of thioether (sulfide) groups is 1. The molecule has 0 aliphatic heterocycles. The molecule has 0 aliphatic carbocycles. The van der Waals surface area contributed by atoms with E-state index in [9.17, 15) is 13.2 Å². The highest BCUT2D eigenvalue weighted by atomic mass is 35.5. The third-order valence-corrected chi connectivity index (χ3v) is 7.79. The molecule has 0 spiro atoms. The Balaban J connectivity index is 1.56. The van der Waals surface area contributed by atoms with Crippen LogP contribution in [0.25, 0.3) is 0 Å². The summed E-state index contributed by atoms with van der Waals surface area (Å²) in [6.07, 6.45) is 0.804. The van der Waals surface area contributed by atoms with E-state index in [2.05, 4.69) is 17.4 Å². The van der Waals surface area contributed by atoms with Gasteiger partial charge in [-0.15, -0.1) is 0 Å². The van der Waals surface area contributed by atoms with Gasteiger partial charge in [0.2, 0.25) is 5.91 Å². The lowest BCUT2D eigenvalue weighted by molar-refractivity contribution is -0.119. The molecule has 0 bridgehead atoms. The fourth-order valence-electron chi connectivity index (χ4n) is 3.00. The number of hydrogen-bond acceptors (Lipinski definition) is 4. The van der Waals surface area contributed by atoms with Gasteiger partial charge in [-0.2, -0.15) is 11.8 Å². The standard InChI is InChI=1S/C24H25ClN2O3S2/c25-21-12-14-23(15-13-21)32(29,30)27(22-10-5-2-6-11-22)18-24(28)26-16-7-17-31-19-20-8-3-1-4-9-20/h1-6,8-15H,7,16-19H2,(H,26,28). The molecule has 3 aromatic carbocycles. The van der Waals surface area contributed by atoms with Crippen molar-refractivity contribution in [3.05, 3.63) is 95.5 Å². The van der Waals surface area contributed by atoms with Crippen molar-refractivity contribution in [2.75, 3.05) is 23.1 Å². The molecule has 5 nitrogen and oxygen atoms in total. The van der Waals surface area contributed by atoms with Crippen molar-refractivity contribution in [2.45, 2.75) is 17.1 Å². The number of carbonyl (C=O) groups excluding carboxylic acids is 1. The van der Waals surface area contributed by atoms with E-state index in [0.717, 1.165) is 22.2 Å². The SMILES string of the molecule is O=C(CN(c1ccccc1)S(=O)(=O)c1ccc(Cl)cc1)NCCCSCc1ccccc1. The number of carbonyl (C=O) groups is 1. The van der Waals surface area contributed by atoms with Gasteiger partial charge in [-0.05, 0) is 54.1 Å². The first-order chi connectivity index (χ1) is 15.5. The second kappa shape index (κ2) is 11.9. The highest BCUT2D eigenvalue weighted by Gasteiger charge is 2.27. The van der Waals surface area contributed by atoms with Crippen molar-refractivity contribution in [3.8, 4) is 0 Å². The molecule has 1 N–H and O–H groups in total. The first-order valence-corrected chi connectivity index (χ1v) is 13.2. The van der Waals surface area contributed by atoms with Crippen LogP contribution in [0.3, 0.4) is 0 Å². The fourth-order valence-corrected chi connectivity index (χ4v) is 5.46. The van der Waals surface area contributed by atoms with Crippen LogP contribution in [-0.4, -0.2) is 33.2 Å². The van der Waals surface area contributed by atoms with Gasteiger partial charge in [-0.3, -0.25) is 9.10 Å². The van der Waals surface area contributed by atoms with E-state index in [1.807, 2.05) is 18.2 Å². The van der Waals surface area contributed by atoms with Crippen LogP contribution in [0, 0.1) is 0 Å². The van der Waals surface area contributed by atoms with Crippen LogP contribution in [0.5, 0.6) is 0 Å². The predicted molar refractivity (Wildman–Crippen MR) is 133 cm³/mol. The van der Waals surface area contributed by atoms with E-state index >= 15 is 0 Å². The molecule has 32 heavy (non-hydrogen) atoms. The number of hydrogen-bond donors (Lipinski definition) is 1. The number of nitrogens with one attached hydrogen (secondary N) is 1. The normalized spacial score (nSPS) is 11.2. The summed E-state index contributed by atoms with van der Waals surface area (Å²) in [6.45, 7) is 0.191. The highest BCUT2D eigenvalue weighted by Crippen LogP contribution is 2.24. The third kappa shape index (κ3) is 7.02. The number of nitrogens with zero attached hydrogens (tertiary/aromatic N) is 1. The molecule has 8 heteroatoms. The zero-order valence-corrected chi connectivity index (χ0v) is 19.9. The summed E-state index contributed by atoms with van der Waals surface area (Å²) in [5, 5.41) is 3.28. The van der Waals surface area contributed by atoms with Crippen molar-refractivity contribution in [1.82, 2.24) is 5.32 Å². The van der Waals surface area contributed by atoms with Crippen LogP contribution in [0.4, 0.5) is 5.69 Å². The number of para-hydroxylation sites is 1. The minimum atomic E-state index is -3.93. The van der Waals surface area contributed by atoms with Crippen LogP contribution < -0.4 is 9.62 Å². The molecule has 0 atom stereocenters. The number of anilines is 1. The Morgan fingerprint density at radius 1 is 0.906 bits per heavy atom. The quantitative estimate of drug-likeness (QED) is 0.387. The molecule has 0 radical (unpaired) electrons. The van der Waals surface area contributed by atoms with Gasteiger partial charge < -0.3 is 5.32 Å². The Labute approximate surface area is 198 Å². The molecule has 0 aliphatic rings. The minimum Gasteiger partial charge on any atom is -0.354 e. The van der Waals surface area contributed by atoms with Crippen LogP contribution in [0.1, 0.15) is 12.0 Å². The van der Waals surface area contributed by atoms with Gasteiger partial charge in [-0.25, -0.2) is 8.42 Å². The van der Waals surface area contributed by atoms with E-state index in [-0.39, 0.29) is 17.3 Å². The molecule has 0 unspecified atom stereocenters. The second-order valence-electron chi connectivity index (χ2n) is 7.04. The largest absolute Gasteiger partial charge is 0.354 e. The number of halogens is 1. The molecule has 0 saturated carbocycles. The van der Waals surface area contributed by atoms with Gasteiger partial charge in [0, 0.05) is 17.3 Å². The van der Waals surface area contributed by atoms with E-state index in [0.29, 0.717) is 17.3 Å². The van der Waals surface area contributed by atoms with Crippen molar-refractivity contribution in [1.29, 1.82) is 0 Å². The monoisotopic (exact) mass is 488 g/mol. The molecular weight excluding hydrogens is 464 g/mol. The molecule has 168 valence electrons. The molecule has 0 aromatic heterocycles. The molecule has 3 aromatic rings. The molecule has 0 heterocycles. The van der Waals surface area contributed by atoms with Crippen molar-refractivity contribution >= 4 is 45.0 Å². The molecule has 1 amide bonds. The first-order valence-electron chi connectivity index (χ1n) is 10.2. The Morgan fingerprint density at radius 3 is 2.19 bits per heavy atom. The molecule has 3 rings (SSSR count). The lowest BCUT2D eigenvalue weighted by Crippen LogP contribution is -2.41. The third-order valence-electron chi connectivity index (χ3n) is 4.63. The van der Waals surface area contributed by atoms with Crippen LogP contribution in [-0.2, 0) is 20.6 Å². The first kappa shape index (κ1) is 24.2. The Bertz CT molecular complexity index is 1090. The van der Waals surface area contributed by atoms with Gasteiger partial charge in [0.15, 0.2) is 0 Å². The number of rotatable bonds is 11. The summed E-state index contributed by atoms with van der Waals surface area (Å²) in [6, 6.07) is 24.7. The summed E-state index contributed by atoms with van der Waals surface area (Å²) >= 11 is 7.70. The van der Waals surface area contributed by atoms with E-state index in [4.69, 9.17) is 11.6 Å². The van der Waals surface area contributed by atoms with E-state index in [1.165, 1.54) is 29.8 Å². The van der Waals surface area contributed by atoms with E-state index < -0.39 is 10.0 Å². The summed E-state index contributed by atoms with van der Waals surface area (Å²) in [5.41, 5.74) is 1.70. The van der Waals surface area contributed by atoms with Gasteiger partial charge >= 0.3 is 0 Å². The Kier molecular flexibility index (Phi) is 9.02. The summed E-state index contributed by atoms with van der Waals surface area (Å²) in [4.78, 5) is 12.6. The maximum Gasteiger partial charge on any atom is 0.264 e. The molecule has 0 fully saturated rings. The lowest BCUT2D eigenvalue weighted by atomic mass is 10.2. The topological polar surface area (TPSA) is 66.5 Å². The maximum absolute atomic E-state index is 13.2. The van der Waals surface area contributed by atoms with Crippen LogP contribution >= 0.6 is 23.4 Å². The second-order valence-corrected chi connectivity index (χ2v) is 10.4. The Hall–Kier alpha value is -2.48. The van der Waals surface area contributed by atoms with Crippen LogP contribution in [0.2, 0.25) is 5.02 Å². The Morgan fingerprint density at radius 2 is 1.53 bits per heavy atom. The van der Waals surface area contributed by atoms with Gasteiger partial charge in [0.05, 0.1) is 10.6 Å². The summed E-state index contributed by atoms with van der Waals surface area (Å²) in [5.74, 6) is 1.48. The van der Waals surface area contributed by atoms with Crippen molar-refractivity contribution < 1.29 is 13.2 Å².